The second kappa shape index (κ2) is 8.48. The molecule has 9 heteroatoms. The minimum absolute atomic E-state index is 0.203. The number of hydrogen-bond acceptors (Lipinski definition) is 5. The van der Waals surface area contributed by atoms with Gasteiger partial charge in [0.15, 0.2) is 6.29 Å². The Kier molecular flexibility index (Phi) is 6.21. The van der Waals surface area contributed by atoms with Crippen molar-refractivity contribution in [2.24, 2.45) is 0 Å². The summed E-state index contributed by atoms with van der Waals surface area (Å²) >= 11 is 0. The highest BCUT2D eigenvalue weighted by atomic mass is 19.4. The molecule has 0 spiro atoms. The summed E-state index contributed by atoms with van der Waals surface area (Å²) in [4.78, 5) is 11.5. The Balaban J connectivity index is 2.02. The third-order valence-corrected chi connectivity index (χ3v) is 5.14. The molecule has 2 aromatic carbocycles. The summed E-state index contributed by atoms with van der Waals surface area (Å²) < 4.78 is 43.9. The number of halogens is 3. The van der Waals surface area contributed by atoms with Crippen LogP contribution < -0.4 is 5.32 Å². The minimum atomic E-state index is -4.50. The lowest BCUT2D eigenvalue weighted by Gasteiger charge is -2.24. The van der Waals surface area contributed by atoms with Gasteiger partial charge >= 0.3 is 6.18 Å². The van der Waals surface area contributed by atoms with Gasteiger partial charge in [-0.05, 0) is 30.2 Å². The Morgan fingerprint density at radius 2 is 1.76 bits per heavy atom. The maximum absolute atomic E-state index is 12.9. The maximum atomic E-state index is 12.9. The molecule has 6 nitrogen and oxygen atoms in total. The minimum Gasteiger partial charge on any atom is -0.367 e. The number of hydrogen-bond donors (Lipinski definition) is 2. The van der Waals surface area contributed by atoms with Crippen molar-refractivity contribution in [2.45, 2.75) is 43.4 Å². The average Bonchev–Trinajstić information content (AvgIpc) is 3.09. The smallest absolute Gasteiger partial charge is 0.367 e. The molecule has 3 rings (SSSR count). The van der Waals surface area contributed by atoms with E-state index in [2.05, 4.69) is 5.32 Å². The Hall–Kier alpha value is -2.49. The van der Waals surface area contributed by atoms with Crippen LogP contribution >= 0.6 is 0 Å². The van der Waals surface area contributed by atoms with Crippen molar-refractivity contribution in [1.82, 2.24) is 5.32 Å². The van der Waals surface area contributed by atoms with E-state index in [0.29, 0.717) is 11.1 Å². The number of alkyl halides is 3. The Bertz CT molecular complexity index is 830. The normalized spacial score (nSPS) is 25.7. The Labute approximate surface area is 165 Å². The summed E-state index contributed by atoms with van der Waals surface area (Å²) in [5.41, 5.74) is 0.147. The first-order valence-corrected chi connectivity index (χ1v) is 9.15. The van der Waals surface area contributed by atoms with Crippen LogP contribution in [0.15, 0.2) is 54.6 Å². The zero-order valence-electron chi connectivity index (χ0n) is 15.5. The number of benzene rings is 2. The molecule has 1 heterocycles. The van der Waals surface area contributed by atoms with E-state index in [9.17, 15) is 28.4 Å². The molecule has 0 amide bonds. The molecule has 2 aromatic rings. The molecule has 1 aliphatic heterocycles. The summed E-state index contributed by atoms with van der Waals surface area (Å²) in [6.45, 7) is 1.89. The van der Waals surface area contributed by atoms with E-state index in [1.54, 1.807) is 37.3 Å². The van der Waals surface area contributed by atoms with Gasteiger partial charge in [-0.25, -0.2) is 0 Å². The number of ether oxygens (including phenoxy) is 1. The van der Waals surface area contributed by atoms with Crippen molar-refractivity contribution < 1.29 is 27.9 Å². The summed E-state index contributed by atoms with van der Waals surface area (Å²) in [5.74, 6) is -0.736. The third-order valence-electron chi connectivity index (χ3n) is 5.14. The largest absolute Gasteiger partial charge is 0.416 e. The third kappa shape index (κ3) is 4.42. The number of aliphatic hydroxyl groups is 1. The SMILES string of the molecule is CCO[C@@H](O)[C@H]1N[C@@H](c2ccc(C(F)(F)F)cc2)[C@@H]([N+](=O)[O-])[C@@H]1c1ccccc1. The lowest BCUT2D eigenvalue weighted by Crippen LogP contribution is -2.41. The Morgan fingerprint density at radius 3 is 2.28 bits per heavy atom. The lowest BCUT2D eigenvalue weighted by molar-refractivity contribution is -0.527. The van der Waals surface area contributed by atoms with Crippen LogP contribution in [-0.2, 0) is 10.9 Å². The molecule has 1 saturated heterocycles. The fourth-order valence-electron chi connectivity index (χ4n) is 3.87. The van der Waals surface area contributed by atoms with Gasteiger partial charge in [-0.2, -0.15) is 13.2 Å². The summed E-state index contributed by atoms with van der Waals surface area (Å²) in [6, 6.07) is 10.1. The van der Waals surface area contributed by atoms with Crippen LogP contribution in [-0.4, -0.2) is 35.0 Å². The van der Waals surface area contributed by atoms with Crippen molar-refractivity contribution in [1.29, 1.82) is 0 Å². The molecule has 1 aliphatic rings. The topological polar surface area (TPSA) is 84.6 Å². The molecule has 0 bridgehead atoms. The molecule has 5 atom stereocenters. The van der Waals surface area contributed by atoms with Crippen molar-refractivity contribution in [3.63, 3.8) is 0 Å². The van der Waals surface area contributed by atoms with Gasteiger partial charge in [0.1, 0.15) is 6.04 Å². The van der Waals surface area contributed by atoms with E-state index < -0.39 is 47.0 Å². The predicted molar refractivity (Wildman–Crippen MR) is 98.7 cm³/mol. The molecule has 156 valence electrons. The van der Waals surface area contributed by atoms with Crippen LogP contribution in [0.5, 0.6) is 0 Å². The first kappa shape index (κ1) is 21.2. The van der Waals surface area contributed by atoms with Gasteiger partial charge in [-0.15, -0.1) is 0 Å². The van der Waals surface area contributed by atoms with E-state index in [0.717, 1.165) is 12.1 Å². The molecule has 2 N–H and O–H groups in total. The maximum Gasteiger partial charge on any atom is 0.416 e. The van der Waals surface area contributed by atoms with E-state index in [1.807, 2.05) is 0 Å². The average molecular weight is 410 g/mol. The predicted octanol–water partition coefficient (Wildman–Crippen LogP) is 3.50. The fourth-order valence-corrected chi connectivity index (χ4v) is 3.87. The van der Waals surface area contributed by atoms with Crippen LogP contribution in [0.25, 0.3) is 0 Å². The molecule has 0 radical (unpaired) electrons. The molecule has 0 unspecified atom stereocenters. The highest BCUT2D eigenvalue weighted by Crippen LogP contribution is 2.42. The van der Waals surface area contributed by atoms with E-state index in [1.165, 1.54) is 12.1 Å². The van der Waals surface area contributed by atoms with Gasteiger partial charge < -0.3 is 9.84 Å². The lowest BCUT2D eigenvalue weighted by atomic mass is 9.85. The molecule has 0 aliphatic carbocycles. The Morgan fingerprint density at radius 1 is 1.14 bits per heavy atom. The van der Waals surface area contributed by atoms with E-state index >= 15 is 0 Å². The van der Waals surface area contributed by atoms with E-state index in [-0.39, 0.29) is 6.61 Å². The van der Waals surface area contributed by atoms with Gasteiger partial charge in [-0.1, -0.05) is 42.5 Å². The molecule has 0 aromatic heterocycles. The van der Waals surface area contributed by atoms with Gasteiger partial charge in [0.05, 0.1) is 17.5 Å². The number of nitrogens with one attached hydrogen (secondary N) is 1. The van der Waals surface area contributed by atoms with Crippen LogP contribution in [0.4, 0.5) is 13.2 Å². The number of rotatable bonds is 6. The second-order valence-corrected chi connectivity index (χ2v) is 6.85. The fraction of sp³-hybridized carbons (Fsp3) is 0.400. The van der Waals surface area contributed by atoms with Gasteiger partial charge in [0.2, 0.25) is 6.04 Å². The zero-order chi connectivity index (χ0) is 21.2. The van der Waals surface area contributed by atoms with Crippen molar-refractivity contribution in [3.05, 3.63) is 81.4 Å². The van der Waals surface area contributed by atoms with E-state index in [4.69, 9.17) is 4.74 Å². The monoisotopic (exact) mass is 410 g/mol. The molecule has 1 fully saturated rings. The summed E-state index contributed by atoms with van der Waals surface area (Å²) in [7, 11) is 0. The standard InChI is InChI=1S/C20H21F3N2O4/c1-2-29-19(26)17-15(12-6-4-3-5-7-12)18(25(27)28)16(24-17)13-8-10-14(11-9-13)20(21,22)23/h3-11,15-19,24,26H,2H2,1H3/t15-,16+,17+,18+,19-/m1/s1. The molecular weight excluding hydrogens is 389 g/mol. The quantitative estimate of drug-likeness (QED) is 0.433. The van der Waals surface area contributed by atoms with Crippen LogP contribution in [0.1, 0.15) is 35.6 Å². The zero-order valence-corrected chi connectivity index (χ0v) is 15.5. The first-order chi connectivity index (χ1) is 13.7. The van der Waals surface area contributed by atoms with Crippen LogP contribution in [0.3, 0.4) is 0 Å². The van der Waals surface area contributed by atoms with Crippen LogP contribution in [0.2, 0.25) is 0 Å². The molecular formula is C20H21F3N2O4. The number of nitrogens with zero attached hydrogens (tertiary/aromatic N) is 1. The highest BCUT2D eigenvalue weighted by molar-refractivity contribution is 5.33. The van der Waals surface area contributed by atoms with Gasteiger partial charge in [0, 0.05) is 11.5 Å². The number of aliphatic hydroxyl groups excluding tert-OH is 1. The van der Waals surface area contributed by atoms with Gasteiger partial charge in [0.25, 0.3) is 0 Å². The molecule has 0 saturated carbocycles. The highest BCUT2D eigenvalue weighted by Gasteiger charge is 2.54. The summed E-state index contributed by atoms with van der Waals surface area (Å²) in [6.07, 6.45) is -5.81. The first-order valence-electron chi connectivity index (χ1n) is 9.15. The van der Waals surface area contributed by atoms with Crippen LogP contribution in [0, 0.1) is 10.1 Å². The van der Waals surface area contributed by atoms with Crippen molar-refractivity contribution >= 4 is 0 Å². The van der Waals surface area contributed by atoms with Crippen molar-refractivity contribution in [3.8, 4) is 0 Å². The summed E-state index contributed by atoms with van der Waals surface area (Å²) in [5, 5.41) is 25.5. The second-order valence-electron chi connectivity index (χ2n) is 6.85. The number of nitro groups is 1. The van der Waals surface area contributed by atoms with Crippen molar-refractivity contribution in [2.75, 3.05) is 6.61 Å². The van der Waals surface area contributed by atoms with Gasteiger partial charge in [-0.3, -0.25) is 15.4 Å². The molecule has 29 heavy (non-hydrogen) atoms.